The number of anilines is 1. The van der Waals surface area contributed by atoms with E-state index in [9.17, 15) is 14.4 Å². The van der Waals surface area contributed by atoms with Crippen molar-refractivity contribution in [1.29, 1.82) is 0 Å². The van der Waals surface area contributed by atoms with Crippen LogP contribution in [0.15, 0.2) is 65.8 Å². The van der Waals surface area contributed by atoms with Crippen molar-refractivity contribution in [3.8, 4) is 17.2 Å². The molecule has 0 heterocycles. The smallest absolute Gasteiger partial charge is 0.329 e. The lowest BCUT2D eigenvalue weighted by atomic mass is 10.2. The molecular formula is C28H29ClN4O6. The van der Waals surface area contributed by atoms with Gasteiger partial charge in [-0.2, -0.15) is 5.10 Å². The highest BCUT2D eigenvalue weighted by Gasteiger charge is 2.15. The monoisotopic (exact) mass is 552 g/mol. The maximum atomic E-state index is 12.3. The number of carbonyl (C=O) groups excluding carboxylic acids is 3. The van der Waals surface area contributed by atoms with E-state index in [4.69, 9.17) is 25.8 Å². The van der Waals surface area contributed by atoms with Crippen LogP contribution in [0.1, 0.15) is 23.6 Å². The highest BCUT2D eigenvalue weighted by atomic mass is 35.5. The van der Waals surface area contributed by atoms with E-state index in [0.717, 1.165) is 11.1 Å². The number of rotatable bonds is 11. The van der Waals surface area contributed by atoms with Gasteiger partial charge in [0.05, 0.1) is 25.0 Å². The first-order chi connectivity index (χ1) is 18.8. The molecule has 0 aliphatic carbocycles. The summed E-state index contributed by atoms with van der Waals surface area (Å²) in [6, 6.07) is 17.5. The molecule has 10 nitrogen and oxygen atoms in total. The van der Waals surface area contributed by atoms with Crippen LogP contribution in [0, 0.1) is 6.92 Å². The van der Waals surface area contributed by atoms with E-state index in [1.165, 1.54) is 12.3 Å². The molecular weight excluding hydrogens is 524 g/mol. The Balaban J connectivity index is 1.55. The van der Waals surface area contributed by atoms with Gasteiger partial charge in [-0.05, 0) is 61.4 Å². The fourth-order valence-corrected chi connectivity index (χ4v) is 3.53. The van der Waals surface area contributed by atoms with Gasteiger partial charge in [0.2, 0.25) is 0 Å². The molecule has 11 heteroatoms. The Morgan fingerprint density at radius 3 is 2.36 bits per heavy atom. The summed E-state index contributed by atoms with van der Waals surface area (Å²) in [4.78, 5) is 36.5. The third kappa shape index (κ3) is 9.04. The topological polar surface area (TPSA) is 127 Å². The van der Waals surface area contributed by atoms with Gasteiger partial charge in [0.25, 0.3) is 5.91 Å². The van der Waals surface area contributed by atoms with Crippen molar-refractivity contribution < 1.29 is 28.6 Å². The van der Waals surface area contributed by atoms with Gasteiger partial charge < -0.3 is 24.8 Å². The van der Waals surface area contributed by atoms with Gasteiger partial charge >= 0.3 is 11.8 Å². The number of aryl methyl sites for hydroxylation is 1. The number of nitrogens with zero attached hydrogens (tertiary/aromatic N) is 1. The average Bonchev–Trinajstić information content (AvgIpc) is 2.93. The quantitative estimate of drug-likeness (QED) is 0.188. The van der Waals surface area contributed by atoms with Crippen LogP contribution < -0.4 is 30.3 Å². The van der Waals surface area contributed by atoms with Crippen LogP contribution in [0.3, 0.4) is 0 Å². The van der Waals surface area contributed by atoms with Crippen molar-refractivity contribution >= 4 is 41.2 Å². The number of hydrogen-bond donors (Lipinski definition) is 3. The third-order valence-corrected chi connectivity index (χ3v) is 5.49. The van der Waals surface area contributed by atoms with Crippen molar-refractivity contribution in [2.45, 2.75) is 20.4 Å². The molecule has 0 saturated carbocycles. The molecule has 0 aromatic heterocycles. The molecule has 0 fully saturated rings. The molecule has 204 valence electrons. The molecule has 3 amide bonds. The Labute approximate surface area is 231 Å². The van der Waals surface area contributed by atoms with Crippen molar-refractivity contribution in [2.75, 3.05) is 25.6 Å². The van der Waals surface area contributed by atoms with E-state index >= 15 is 0 Å². The first-order valence-corrected chi connectivity index (χ1v) is 12.4. The summed E-state index contributed by atoms with van der Waals surface area (Å²) in [6.45, 7) is 3.93. The fourth-order valence-electron chi connectivity index (χ4n) is 3.26. The van der Waals surface area contributed by atoms with Gasteiger partial charge in [-0.25, -0.2) is 5.43 Å². The van der Waals surface area contributed by atoms with Crippen molar-refractivity contribution in [1.82, 2.24) is 10.7 Å². The van der Waals surface area contributed by atoms with E-state index in [1.54, 1.807) is 56.5 Å². The molecule has 0 bridgehead atoms. The summed E-state index contributed by atoms with van der Waals surface area (Å²) in [5.41, 5.74) is 5.16. The van der Waals surface area contributed by atoms with Gasteiger partial charge in [0.15, 0.2) is 18.1 Å². The summed E-state index contributed by atoms with van der Waals surface area (Å²) >= 11 is 6.38. The maximum Gasteiger partial charge on any atom is 0.329 e. The second kappa shape index (κ2) is 14.4. The molecule has 0 unspecified atom stereocenters. The van der Waals surface area contributed by atoms with Crippen LogP contribution in [0.5, 0.6) is 17.2 Å². The average molecular weight is 553 g/mol. The Kier molecular flexibility index (Phi) is 10.7. The van der Waals surface area contributed by atoms with Gasteiger partial charge in [-0.15, -0.1) is 0 Å². The molecule has 0 atom stereocenters. The normalized spacial score (nSPS) is 10.6. The van der Waals surface area contributed by atoms with Gasteiger partial charge in [-0.1, -0.05) is 41.4 Å². The van der Waals surface area contributed by atoms with Gasteiger partial charge in [0.1, 0.15) is 5.75 Å². The summed E-state index contributed by atoms with van der Waals surface area (Å²) < 4.78 is 16.3. The molecule has 3 aromatic carbocycles. The maximum absolute atomic E-state index is 12.3. The second-order valence-corrected chi connectivity index (χ2v) is 8.60. The van der Waals surface area contributed by atoms with Crippen LogP contribution in [0.2, 0.25) is 5.02 Å². The third-order valence-electron chi connectivity index (χ3n) is 5.21. The number of amides is 3. The standard InChI is InChI=1S/C28H29ClN4O6/c1-4-38-24-14-20(13-23(29)26(24)39-17-25(34)32-21-9-5-18(2)6-10-21)16-31-33-28(36)27(35)30-15-19-7-11-22(37-3)12-8-19/h5-14,16H,4,15,17H2,1-3H3,(H,30,35)(H,32,34)(H,33,36)/b31-16-. The highest BCUT2D eigenvalue weighted by molar-refractivity contribution is 6.35. The first kappa shape index (κ1) is 29.0. The van der Waals surface area contributed by atoms with Crippen LogP contribution in [-0.2, 0) is 20.9 Å². The molecule has 0 aliphatic heterocycles. The zero-order valence-electron chi connectivity index (χ0n) is 21.7. The van der Waals surface area contributed by atoms with Gasteiger partial charge in [0, 0.05) is 12.2 Å². The lowest BCUT2D eigenvalue weighted by molar-refractivity contribution is -0.139. The number of benzene rings is 3. The minimum absolute atomic E-state index is 0.164. The molecule has 0 spiro atoms. The Bertz CT molecular complexity index is 1330. The molecule has 3 aromatic rings. The van der Waals surface area contributed by atoms with E-state index in [2.05, 4.69) is 21.2 Å². The van der Waals surface area contributed by atoms with Crippen LogP contribution in [-0.4, -0.2) is 44.3 Å². The second-order valence-electron chi connectivity index (χ2n) is 8.20. The highest BCUT2D eigenvalue weighted by Crippen LogP contribution is 2.36. The summed E-state index contributed by atoms with van der Waals surface area (Å²) in [7, 11) is 1.56. The fraction of sp³-hybridized carbons (Fsp3) is 0.214. The molecule has 39 heavy (non-hydrogen) atoms. The minimum Gasteiger partial charge on any atom is -0.497 e. The number of hydrogen-bond acceptors (Lipinski definition) is 7. The van der Waals surface area contributed by atoms with Crippen LogP contribution in [0.4, 0.5) is 5.69 Å². The zero-order chi connectivity index (χ0) is 28.2. The van der Waals surface area contributed by atoms with E-state index in [0.29, 0.717) is 23.6 Å². The predicted molar refractivity (Wildman–Crippen MR) is 149 cm³/mol. The largest absolute Gasteiger partial charge is 0.497 e. The Morgan fingerprint density at radius 2 is 1.69 bits per heavy atom. The van der Waals surface area contributed by atoms with Crippen molar-refractivity contribution in [2.24, 2.45) is 5.10 Å². The molecule has 3 rings (SSSR count). The van der Waals surface area contributed by atoms with Crippen LogP contribution >= 0.6 is 11.6 Å². The Hall–Kier alpha value is -4.57. The molecule has 0 radical (unpaired) electrons. The van der Waals surface area contributed by atoms with E-state index < -0.39 is 11.8 Å². The van der Waals surface area contributed by atoms with Crippen molar-refractivity contribution in [3.63, 3.8) is 0 Å². The SMILES string of the molecule is CCOc1cc(/C=N\NC(=O)C(=O)NCc2ccc(OC)cc2)cc(Cl)c1OCC(=O)Nc1ccc(C)cc1. The minimum atomic E-state index is -0.935. The number of hydrazone groups is 1. The summed E-state index contributed by atoms with van der Waals surface area (Å²) in [6.07, 6.45) is 1.30. The van der Waals surface area contributed by atoms with Gasteiger partial charge in [-0.3, -0.25) is 14.4 Å². The number of halogens is 1. The molecule has 0 saturated heterocycles. The summed E-state index contributed by atoms with van der Waals surface area (Å²) in [5.74, 6) is -0.974. The van der Waals surface area contributed by atoms with Crippen molar-refractivity contribution in [3.05, 3.63) is 82.4 Å². The molecule has 3 N–H and O–H groups in total. The van der Waals surface area contributed by atoms with E-state index in [1.807, 2.05) is 19.1 Å². The predicted octanol–water partition coefficient (Wildman–Crippen LogP) is 3.84. The van der Waals surface area contributed by atoms with E-state index in [-0.39, 0.29) is 35.6 Å². The number of methoxy groups -OCH3 is 1. The zero-order valence-corrected chi connectivity index (χ0v) is 22.5. The molecule has 0 aliphatic rings. The number of carbonyl (C=O) groups is 3. The lowest BCUT2D eigenvalue weighted by Crippen LogP contribution is -2.37. The summed E-state index contributed by atoms with van der Waals surface area (Å²) in [5, 5.41) is 9.25. The number of ether oxygens (including phenoxy) is 3. The number of nitrogens with one attached hydrogen (secondary N) is 3. The first-order valence-electron chi connectivity index (χ1n) is 12.0. The Morgan fingerprint density at radius 1 is 0.974 bits per heavy atom. The lowest BCUT2D eigenvalue weighted by Gasteiger charge is -2.14. The van der Waals surface area contributed by atoms with Crippen LogP contribution in [0.25, 0.3) is 0 Å².